The minimum absolute atomic E-state index is 0.904. The Balaban J connectivity index is 0.000000835. The highest BCUT2D eigenvalue weighted by atomic mass is 16.3. The summed E-state index contributed by atoms with van der Waals surface area (Å²) in [6.45, 7) is 15.4. The molecule has 4 nitrogen and oxygen atoms in total. The molecule has 0 unspecified atom stereocenters. The SMILES string of the molecule is C=CC.CC.CC.Cc1ccc2c(c1)c1cc(-c3ccc4c(c3)c3cc(-c5ccc6c(c5)c5cc(-c7cccc8c7oc7ccccc78)ccc5n6-c5ccccc5)ccc3n4-c3ccccc3)ccc1n2-c1ccccc1. The number of nitrogens with zero attached hydrogens (tertiary/aromatic N) is 3. The second-order valence-corrected chi connectivity index (χ2v) is 19.4. The van der Waals surface area contributed by atoms with Crippen LogP contribution in [0.1, 0.15) is 40.2 Å². The van der Waals surface area contributed by atoms with Gasteiger partial charge in [0, 0.05) is 65.7 Å². The zero-order valence-corrected chi connectivity index (χ0v) is 45.1. The van der Waals surface area contributed by atoms with E-state index in [0.29, 0.717) is 0 Å². The van der Waals surface area contributed by atoms with E-state index in [1.54, 1.807) is 6.08 Å². The maximum Gasteiger partial charge on any atom is 0.143 e. The van der Waals surface area contributed by atoms with Gasteiger partial charge in [-0.2, -0.15) is 0 Å². The zero-order chi connectivity index (χ0) is 53.4. The van der Waals surface area contributed by atoms with Crippen molar-refractivity contribution in [1.29, 1.82) is 0 Å². The molecule has 4 aromatic heterocycles. The smallest absolute Gasteiger partial charge is 0.143 e. The van der Waals surface area contributed by atoms with Crippen molar-refractivity contribution in [2.45, 2.75) is 41.5 Å². The third-order valence-corrected chi connectivity index (χ3v) is 14.9. The van der Waals surface area contributed by atoms with Gasteiger partial charge in [-0.05, 0) is 157 Å². The summed E-state index contributed by atoms with van der Waals surface area (Å²) >= 11 is 0. The summed E-state index contributed by atoms with van der Waals surface area (Å²) in [6, 6.07) is 88.7. The van der Waals surface area contributed by atoms with Gasteiger partial charge in [0.05, 0.1) is 33.1 Å². The Morgan fingerprint density at radius 3 is 1.05 bits per heavy atom. The first kappa shape index (κ1) is 49.2. The van der Waals surface area contributed by atoms with Crippen LogP contribution in [0.15, 0.2) is 260 Å². The van der Waals surface area contributed by atoms with Crippen LogP contribution >= 0.6 is 0 Å². The standard InChI is InChI=1S/C67H43N3O.C3H6.2C2H6/c1-42-24-30-60-54(36-42)55-37-43(25-31-61(55)68(60)48-14-5-2-6-15-48)44-26-32-62-56(38-44)57-39-45(27-33-63(57)69(62)49-16-7-3-8-17-49)46-28-34-64-58(40-46)59-41-47(29-35-65(59)70(64)50-18-9-4-10-19-50)51-21-13-22-53-52-20-11-12-23-66(52)71-67(51)53;1-3-2;2*1-2/h2-41H,1H3;3H,1H2,2H3;2*1-2H3. The Bertz CT molecular complexity index is 4680. The molecule has 0 aliphatic heterocycles. The summed E-state index contributed by atoms with van der Waals surface area (Å²) in [7, 11) is 0. The maximum absolute atomic E-state index is 6.56. The van der Waals surface area contributed by atoms with Gasteiger partial charge in [0.25, 0.3) is 0 Å². The molecule has 0 saturated heterocycles. The van der Waals surface area contributed by atoms with Crippen LogP contribution in [-0.4, -0.2) is 13.7 Å². The largest absolute Gasteiger partial charge is 0.455 e. The van der Waals surface area contributed by atoms with Gasteiger partial charge < -0.3 is 18.1 Å². The predicted octanol–water partition coefficient (Wildman–Crippen LogP) is 21.4. The van der Waals surface area contributed by atoms with Crippen molar-refractivity contribution in [2.24, 2.45) is 0 Å². The highest BCUT2D eigenvalue weighted by Gasteiger charge is 2.20. The molecule has 15 rings (SSSR count). The van der Waals surface area contributed by atoms with Crippen LogP contribution in [0.2, 0.25) is 0 Å². The van der Waals surface area contributed by atoms with E-state index >= 15 is 0 Å². The molecule has 0 spiro atoms. The summed E-state index contributed by atoms with van der Waals surface area (Å²) in [4.78, 5) is 0. The average molecular weight is 1010 g/mol. The Morgan fingerprint density at radius 1 is 0.321 bits per heavy atom. The summed E-state index contributed by atoms with van der Waals surface area (Å²) in [5.74, 6) is 0. The number of hydrogen-bond acceptors (Lipinski definition) is 1. The Hall–Kier alpha value is -9.64. The Kier molecular flexibility index (Phi) is 13.1. The van der Waals surface area contributed by atoms with Crippen molar-refractivity contribution in [3.05, 3.63) is 261 Å². The lowest BCUT2D eigenvalue weighted by atomic mass is 9.97. The topological polar surface area (TPSA) is 27.9 Å². The third kappa shape index (κ3) is 8.25. The number of allylic oxidation sites excluding steroid dienone is 1. The van der Waals surface area contributed by atoms with Gasteiger partial charge in [0.15, 0.2) is 0 Å². The molecule has 0 aliphatic carbocycles. The molecule has 0 bridgehead atoms. The van der Waals surface area contributed by atoms with E-state index in [1.807, 2.05) is 40.7 Å². The maximum atomic E-state index is 6.56. The van der Waals surface area contributed by atoms with Crippen molar-refractivity contribution in [3.63, 3.8) is 0 Å². The molecule has 378 valence electrons. The van der Waals surface area contributed by atoms with Crippen LogP contribution in [0.4, 0.5) is 0 Å². The molecule has 11 aromatic carbocycles. The number of aromatic nitrogens is 3. The number of para-hydroxylation sites is 5. The summed E-state index contributed by atoms with van der Waals surface area (Å²) in [5, 5.41) is 9.62. The highest BCUT2D eigenvalue weighted by molar-refractivity contribution is 6.16. The molecule has 0 radical (unpaired) electrons. The number of benzene rings is 11. The van der Waals surface area contributed by atoms with Crippen LogP contribution in [-0.2, 0) is 0 Å². The molecule has 0 N–H and O–H groups in total. The van der Waals surface area contributed by atoms with Crippen LogP contribution in [0.25, 0.3) is 138 Å². The molecular formula is C74H61N3O. The molecule has 78 heavy (non-hydrogen) atoms. The molecular weight excluding hydrogens is 947 g/mol. The molecule has 15 aromatic rings. The lowest BCUT2D eigenvalue weighted by molar-refractivity contribution is 0.670. The van der Waals surface area contributed by atoms with Gasteiger partial charge in [-0.1, -0.05) is 167 Å². The first-order chi connectivity index (χ1) is 38.5. The van der Waals surface area contributed by atoms with Gasteiger partial charge in [-0.25, -0.2) is 0 Å². The van der Waals surface area contributed by atoms with Crippen molar-refractivity contribution in [3.8, 4) is 50.4 Å². The number of hydrogen-bond donors (Lipinski definition) is 0. The average Bonchev–Trinajstić information content (AvgIpc) is 4.45. The van der Waals surface area contributed by atoms with E-state index in [-0.39, 0.29) is 0 Å². The lowest BCUT2D eigenvalue weighted by Crippen LogP contribution is -1.93. The molecule has 0 atom stereocenters. The Labute approximate surface area is 456 Å². The van der Waals surface area contributed by atoms with Crippen molar-refractivity contribution in [2.75, 3.05) is 0 Å². The van der Waals surface area contributed by atoms with Crippen LogP contribution in [0, 0.1) is 6.92 Å². The molecule has 4 heterocycles. The van der Waals surface area contributed by atoms with Crippen molar-refractivity contribution < 1.29 is 4.42 Å². The molecule has 4 heteroatoms. The first-order valence-corrected chi connectivity index (χ1v) is 27.4. The quantitative estimate of drug-likeness (QED) is 0.153. The fraction of sp³-hybridized carbons (Fsp3) is 0.0811. The van der Waals surface area contributed by atoms with Gasteiger partial charge in [-0.3, -0.25) is 0 Å². The molecule has 0 aliphatic rings. The summed E-state index contributed by atoms with van der Waals surface area (Å²) in [6.07, 6.45) is 1.75. The minimum Gasteiger partial charge on any atom is -0.455 e. The molecule has 0 fully saturated rings. The number of rotatable bonds is 6. The number of fused-ring (bicyclic) bond motifs is 12. The summed E-state index contributed by atoms with van der Waals surface area (Å²) < 4.78 is 13.8. The van der Waals surface area contributed by atoms with E-state index in [9.17, 15) is 0 Å². The summed E-state index contributed by atoms with van der Waals surface area (Å²) in [5.41, 5.74) is 20.6. The van der Waals surface area contributed by atoms with Crippen LogP contribution in [0.5, 0.6) is 0 Å². The second kappa shape index (κ2) is 20.8. The number of furan rings is 1. The van der Waals surface area contributed by atoms with Crippen molar-refractivity contribution in [1.82, 2.24) is 13.7 Å². The lowest BCUT2D eigenvalue weighted by Gasteiger charge is -2.09. The zero-order valence-electron chi connectivity index (χ0n) is 45.1. The van der Waals surface area contributed by atoms with Crippen LogP contribution in [0.3, 0.4) is 0 Å². The van der Waals surface area contributed by atoms with E-state index in [1.165, 1.54) is 87.7 Å². The van der Waals surface area contributed by atoms with E-state index in [2.05, 4.69) is 264 Å². The van der Waals surface area contributed by atoms with Gasteiger partial charge in [0.2, 0.25) is 0 Å². The van der Waals surface area contributed by atoms with Gasteiger partial charge >= 0.3 is 0 Å². The highest BCUT2D eigenvalue weighted by Crippen LogP contribution is 2.43. The van der Waals surface area contributed by atoms with Gasteiger partial charge in [0.1, 0.15) is 11.2 Å². The minimum atomic E-state index is 0.904. The van der Waals surface area contributed by atoms with Crippen molar-refractivity contribution >= 4 is 87.4 Å². The fourth-order valence-electron chi connectivity index (χ4n) is 11.6. The normalized spacial score (nSPS) is 11.3. The van der Waals surface area contributed by atoms with E-state index < -0.39 is 0 Å². The Morgan fingerprint density at radius 2 is 0.641 bits per heavy atom. The molecule has 0 amide bonds. The monoisotopic (exact) mass is 1010 g/mol. The first-order valence-electron chi connectivity index (χ1n) is 27.4. The molecule has 0 saturated carbocycles. The van der Waals surface area contributed by atoms with Crippen LogP contribution < -0.4 is 0 Å². The fourth-order valence-corrected chi connectivity index (χ4v) is 11.6. The van der Waals surface area contributed by atoms with E-state index in [0.717, 1.165) is 55.6 Å². The third-order valence-electron chi connectivity index (χ3n) is 14.9. The predicted molar refractivity (Wildman–Crippen MR) is 336 cm³/mol. The van der Waals surface area contributed by atoms with E-state index in [4.69, 9.17) is 4.42 Å². The van der Waals surface area contributed by atoms with Gasteiger partial charge in [-0.15, -0.1) is 6.58 Å². The second-order valence-electron chi connectivity index (χ2n) is 19.4. The number of aryl methyl sites for hydroxylation is 1.